The standard InChI is InChI=1S/C7H7F8NO/c1-3(2)16-4(8,9)6(12,13)17-7(14,15)5(16,10)11/h3H,1-2H3. The highest BCUT2D eigenvalue weighted by Gasteiger charge is 2.82. The minimum Gasteiger partial charge on any atom is -0.243 e. The predicted molar refractivity (Wildman–Crippen MR) is 37.8 cm³/mol. The number of ether oxygens (including phenoxy) is 1. The summed E-state index contributed by atoms with van der Waals surface area (Å²) < 4.78 is 105. The molecule has 10 heteroatoms. The zero-order chi connectivity index (χ0) is 13.9. The van der Waals surface area contributed by atoms with Gasteiger partial charge in [0.25, 0.3) is 0 Å². The fourth-order valence-electron chi connectivity index (χ4n) is 1.39. The Balaban J connectivity index is 3.38. The maximum atomic E-state index is 13.0. The second kappa shape index (κ2) is 3.44. The van der Waals surface area contributed by atoms with Crippen LogP contribution < -0.4 is 0 Å². The van der Waals surface area contributed by atoms with E-state index in [-0.39, 0.29) is 0 Å². The van der Waals surface area contributed by atoms with E-state index >= 15 is 0 Å². The lowest BCUT2D eigenvalue weighted by molar-refractivity contribution is -0.566. The Labute approximate surface area is 90.1 Å². The lowest BCUT2D eigenvalue weighted by atomic mass is 10.2. The Morgan fingerprint density at radius 3 is 1.29 bits per heavy atom. The first-order valence-corrected chi connectivity index (χ1v) is 4.28. The Morgan fingerprint density at radius 2 is 1.06 bits per heavy atom. The summed E-state index contributed by atoms with van der Waals surface area (Å²) in [7, 11) is 0. The molecule has 0 spiro atoms. The lowest BCUT2D eigenvalue weighted by Crippen LogP contribution is -2.75. The highest BCUT2D eigenvalue weighted by atomic mass is 19.4. The van der Waals surface area contributed by atoms with Crippen molar-refractivity contribution in [1.82, 2.24) is 4.90 Å². The van der Waals surface area contributed by atoms with Gasteiger partial charge in [-0.1, -0.05) is 0 Å². The first kappa shape index (κ1) is 14.4. The van der Waals surface area contributed by atoms with Gasteiger partial charge in [-0.2, -0.15) is 40.0 Å². The summed E-state index contributed by atoms with van der Waals surface area (Å²) in [5, 5.41) is 0. The van der Waals surface area contributed by atoms with Gasteiger partial charge in [0.1, 0.15) is 0 Å². The highest BCUT2D eigenvalue weighted by Crippen LogP contribution is 2.56. The van der Waals surface area contributed by atoms with Crippen LogP contribution in [-0.2, 0) is 4.74 Å². The molecule has 0 aromatic carbocycles. The van der Waals surface area contributed by atoms with Gasteiger partial charge in [0.2, 0.25) is 0 Å². The molecule has 1 aliphatic heterocycles. The Kier molecular flexibility index (Phi) is 2.92. The van der Waals surface area contributed by atoms with Gasteiger partial charge >= 0.3 is 24.3 Å². The van der Waals surface area contributed by atoms with E-state index in [1.807, 2.05) is 0 Å². The topological polar surface area (TPSA) is 12.5 Å². The number of hydrogen-bond donors (Lipinski definition) is 0. The van der Waals surface area contributed by atoms with Gasteiger partial charge in [0, 0.05) is 6.04 Å². The van der Waals surface area contributed by atoms with Crippen molar-refractivity contribution in [2.45, 2.75) is 44.2 Å². The van der Waals surface area contributed by atoms with Crippen molar-refractivity contribution < 1.29 is 39.9 Å². The third-order valence-corrected chi connectivity index (χ3v) is 2.08. The third-order valence-electron chi connectivity index (χ3n) is 2.08. The van der Waals surface area contributed by atoms with Crippen molar-refractivity contribution in [3.63, 3.8) is 0 Å². The van der Waals surface area contributed by atoms with E-state index in [1.165, 1.54) is 0 Å². The molecule has 0 saturated carbocycles. The molecule has 0 amide bonds. The van der Waals surface area contributed by atoms with Crippen LogP contribution in [0.25, 0.3) is 0 Å². The molecule has 102 valence electrons. The minimum absolute atomic E-state index is 0.652. The molecule has 0 radical (unpaired) electrons. The van der Waals surface area contributed by atoms with E-state index in [9.17, 15) is 35.1 Å². The number of halogens is 8. The first-order valence-electron chi connectivity index (χ1n) is 4.28. The molecule has 1 aliphatic rings. The van der Waals surface area contributed by atoms with Gasteiger partial charge in [-0.15, -0.1) is 0 Å². The Hall–Kier alpha value is -0.640. The van der Waals surface area contributed by atoms with Gasteiger partial charge in [-0.25, -0.2) is 4.74 Å². The largest absolute Gasteiger partial charge is 0.439 e. The summed E-state index contributed by atoms with van der Waals surface area (Å²) >= 11 is 0. The van der Waals surface area contributed by atoms with Gasteiger partial charge in [-0.3, -0.25) is 0 Å². The van der Waals surface area contributed by atoms with Crippen LogP contribution >= 0.6 is 0 Å². The lowest BCUT2D eigenvalue weighted by Gasteiger charge is -2.48. The van der Waals surface area contributed by atoms with E-state index in [0.29, 0.717) is 13.8 Å². The van der Waals surface area contributed by atoms with Crippen molar-refractivity contribution in [2.75, 3.05) is 0 Å². The van der Waals surface area contributed by atoms with Gasteiger partial charge in [-0.05, 0) is 13.8 Å². The van der Waals surface area contributed by atoms with E-state index in [1.54, 1.807) is 0 Å². The fourth-order valence-corrected chi connectivity index (χ4v) is 1.39. The molecule has 1 saturated heterocycles. The van der Waals surface area contributed by atoms with Crippen LogP contribution in [0.3, 0.4) is 0 Å². The summed E-state index contributed by atoms with van der Waals surface area (Å²) in [6.07, 6.45) is -11.4. The second-order valence-corrected chi connectivity index (χ2v) is 3.68. The number of rotatable bonds is 1. The summed E-state index contributed by atoms with van der Waals surface area (Å²) in [6.45, 7) is 1.30. The van der Waals surface area contributed by atoms with E-state index in [2.05, 4.69) is 4.74 Å². The normalized spacial score (nSPS) is 30.5. The van der Waals surface area contributed by atoms with Crippen LogP contribution in [-0.4, -0.2) is 35.3 Å². The number of morpholine rings is 1. The van der Waals surface area contributed by atoms with Crippen molar-refractivity contribution in [2.24, 2.45) is 0 Å². The van der Waals surface area contributed by atoms with Crippen LogP contribution in [0.5, 0.6) is 0 Å². The molecule has 1 heterocycles. The average Bonchev–Trinajstić information content (AvgIpc) is 1.96. The Morgan fingerprint density at radius 1 is 0.765 bits per heavy atom. The molecule has 0 N–H and O–H groups in total. The van der Waals surface area contributed by atoms with Crippen LogP contribution in [0.4, 0.5) is 35.1 Å². The van der Waals surface area contributed by atoms with Crippen LogP contribution in [0.1, 0.15) is 13.8 Å². The SMILES string of the molecule is CC(C)N1C(F)(F)C(F)(F)OC(F)(F)C1(F)F. The number of hydrogen-bond acceptors (Lipinski definition) is 2. The van der Waals surface area contributed by atoms with E-state index in [4.69, 9.17) is 0 Å². The molecule has 0 unspecified atom stereocenters. The van der Waals surface area contributed by atoms with Crippen LogP contribution in [0.2, 0.25) is 0 Å². The zero-order valence-corrected chi connectivity index (χ0v) is 8.46. The summed E-state index contributed by atoms with van der Waals surface area (Å²) in [5.74, 6) is 0. The molecule has 17 heavy (non-hydrogen) atoms. The van der Waals surface area contributed by atoms with E-state index in [0.717, 1.165) is 0 Å². The molecule has 0 atom stereocenters. The average molecular weight is 273 g/mol. The van der Waals surface area contributed by atoms with Gasteiger partial charge < -0.3 is 0 Å². The van der Waals surface area contributed by atoms with E-state index < -0.39 is 35.3 Å². The van der Waals surface area contributed by atoms with Gasteiger partial charge in [0.05, 0.1) is 0 Å². The Bertz CT molecular complexity index is 289. The molecule has 1 fully saturated rings. The van der Waals surface area contributed by atoms with Crippen LogP contribution in [0.15, 0.2) is 0 Å². The molecule has 2 nitrogen and oxygen atoms in total. The smallest absolute Gasteiger partial charge is 0.243 e. The zero-order valence-electron chi connectivity index (χ0n) is 8.46. The van der Waals surface area contributed by atoms with Crippen molar-refractivity contribution in [3.05, 3.63) is 0 Å². The summed E-state index contributed by atoms with van der Waals surface area (Å²) in [6, 6.07) is -13.1. The molecule has 0 bridgehead atoms. The molecular weight excluding hydrogens is 266 g/mol. The summed E-state index contributed by atoms with van der Waals surface area (Å²) in [4.78, 5) is -1.55. The molecule has 1 rings (SSSR count). The van der Waals surface area contributed by atoms with Gasteiger partial charge in [0.15, 0.2) is 0 Å². The molecule has 0 aromatic heterocycles. The summed E-state index contributed by atoms with van der Waals surface area (Å²) in [5.41, 5.74) is 0. The number of nitrogens with zero attached hydrogens (tertiary/aromatic N) is 1. The second-order valence-electron chi connectivity index (χ2n) is 3.68. The fraction of sp³-hybridized carbons (Fsp3) is 1.00. The maximum absolute atomic E-state index is 13.0. The monoisotopic (exact) mass is 273 g/mol. The van der Waals surface area contributed by atoms with Crippen molar-refractivity contribution >= 4 is 0 Å². The van der Waals surface area contributed by atoms with Crippen LogP contribution in [0, 0.1) is 0 Å². The first-order chi connectivity index (χ1) is 7.27. The molecular formula is C7H7F8NO. The third kappa shape index (κ3) is 1.77. The molecule has 0 aromatic rings. The van der Waals surface area contributed by atoms with Crippen molar-refractivity contribution in [3.8, 4) is 0 Å². The molecule has 0 aliphatic carbocycles. The minimum atomic E-state index is -5.72. The predicted octanol–water partition coefficient (Wildman–Crippen LogP) is 3.10. The maximum Gasteiger partial charge on any atom is 0.439 e. The quantitative estimate of drug-likeness (QED) is 0.537. The van der Waals surface area contributed by atoms with Crippen molar-refractivity contribution in [1.29, 1.82) is 0 Å². The highest BCUT2D eigenvalue weighted by molar-refractivity contribution is 4.95. The number of alkyl halides is 8.